The number of aryl methyl sites for hydroxylation is 3. The van der Waals surface area contributed by atoms with Crippen molar-refractivity contribution in [3.63, 3.8) is 0 Å². The van der Waals surface area contributed by atoms with E-state index in [0.717, 1.165) is 40.4 Å². The Morgan fingerprint density at radius 1 is 0.414 bits per heavy atom. The van der Waals surface area contributed by atoms with Crippen LogP contribution in [0.1, 0.15) is 45.4 Å². The van der Waals surface area contributed by atoms with Gasteiger partial charge in [0.1, 0.15) is 5.75 Å². The van der Waals surface area contributed by atoms with E-state index in [0.29, 0.717) is 6.61 Å². The lowest BCUT2D eigenvalue weighted by atomic mass is 9.70. The van der Waals surface area contributed by atoms with Gasteiger partial charge in [-0.15, -0.1) is 0 Å². The van der Waals surface area contributed by atoms with Crippen LogP contribution in [-0.2, 0) is 5.41 Å². The summed E-state index contributed by atoms with van der Waals surface area (Å²) < 4.78 is 6.52. The lowest BCUT2D eigenvalue weighted by Gasteiger charge is -2.33. The van der Waals surface area contributed by atoms with Crippen LogP contribution < -0.4 is 9.64 Å². The molecule has 0 N–H and O–H groups in total. The van der Waals surface area contributed by atoms with Crippen molar-refractivity contribution in [2.45, 2.75) is 32.6 Å². The van der Waals surface area contributed by atoms with E-state index in [9.17, 15) is 0 Å². The fourth-order valence-corrected chi connectivity index (χ4v) is 10.7. The molecule has 10 aromatic rings. The Labute approximate surface area is 413 Å². The van der Waals surface area contributed by atoms with E-state index in [4.69, 9.17) is 4.74 Å². The number of rotatable bonds is 13. The number of ether oxygens (including phenoxy) is 1. The van der Waals surface area contributed by atoms with Gasteiger partial charge in [-0.3, -0.25) is 0 Å². The first-order valence-electron chi connectivity index (χ1n) is 24.4. The third kappa shape index (κ3) is 8.33. The molecule has 2 nitrogen and oxygen atoms in total. The lowest BCUT2D eigenvalue weighted by molar-refractivity contribution is 0.288. The first-order chi connectivity index (χ1) is 34.4. The number of nitrogens with zero attached hydrogens (tertiary/aromatic N) is 1. The number of hydrogen-bond acceptors (Lipinski definition) is 2. The van der Waals surface area contributed by atoms with E-state index in [-0.39, 0.29) is 0 Å². The molecule has 0 aromatic heterocycles. The van der Waals surface area contributed by atoms with Gasteiger partial charge in [-0.25, -0.2) is 0 Å². The van der Waals surface area contributed by atoms with Crippen LogP contribution in [0.5, 0.6) is 5.75 Å². The smallest absolute Gasteiger partial charge is 0.119 e. The summed E-state index contributed by atoms with van der Waals surface area (Å²) in [6.45, 7) is 11.0. The molecule has 0 saturated heterocycles. The van der Waals surface area contributed by atoms with Gasteiger partial charge in [0.2, 0.25) is 0 Å². The summed E-state index contributed by atoms with van der Waals surface area (Å²) in [5, 5.41) is 0. The van der Waals surface area contributed by atoms with Gasteiger partial charge in [-0.2, -0.15) is 0 Å². The molecule has 0 spiro atoms. The summed E-state index contributed by atoms with van der Waals surface area (Å²) in [7, 11) is 0. The van der Waals surface area contributed by atoms with E-state index >= 15 is 0 Å². The summed E-state index contributed by atoms with van der Waals surface area (Å²) in [6.07, 6.45) is 2.64. The fourth-order valence-electron chi connectivity index (χ4n) is 10.7. The summed E-state index contributed by atoms with van der Waals surface area (Å²) in [6, 6.07) is 86.5. The molecule has 0 bridgehead atoms. The fraction of sp³-hybridized carbons (Fsp3) is 0.0882. The van der Waals surface area contributed by atoms with Crippen LogP contribution in [0.2, 0.25) is 0 Å². The molecule has 0 heterocycles. The Morgan fingerprint density at radius 2 is 0.943 bits per heavy atom. The minimum absolute atomic E-state index is 0.404. The predicted octanol–water partition coefficient (Wildman–Crippen LogP) is 18.2. The third-order valence-corrected chi connectivity index (χ3v) is 14.4. The van der Waals surface area contributed by atoms with Crippen molar-refractivity contribution >= 4 is 23.1 Å². The molecule has 1 aliphatic carbocycles. The number of anilines is 3. The van der Waals surface area contributed by atoms with Gasteiger partial charge in [-0.1, -0.05) is 194 Å². The minimum atomic E-state index is -0.404. The van der Waals surface area contributed by atoms with E-state index in [1.54, 1.807) is 0 Å². The highest BCUT2D eigenvalue weighted by molar-refractivity contribution is 5.87. The van der Waals surface area contributed by atoms with Crippen molar-refractivity contribution < 1.29 is 4.74 Å². The van der Waals surface area contributed by atoms with Crippen LogP contribution in [0.15, 0.2) is 243 Å². The molecule has 1 aliphatic rings. The summed E-state index contributed by atoms with van der Waals surface area (Å²) in [5.74, 6) is 0.861. The molecule has 0 saturated carbocycles. The van der Waals surface area contributed by atoms with Crippen molar-refractivity contribution in [1.29, 1.82) is 0 Å². The molecule has 10 aromatic carbocycles. The van der Waals surface area contributed by atoms with Gasteiger partial charge in [-0.05, 0) is 177 Å². The topological polar surface area (TPSA) is 12.5 Å². The van der Waals surface area contributed by atoms with Crippen molar-refractivity contribution in [2.24, 2.45) is 0 Å². The Hall–Kier alpha value is -8.46. The summed E-state index contributed by atoms with van der Waals surface area (Å²) in [4.78, 5) is 2.37. The molecular formula is C68H55NO. The Balaban J connectivity index is 0.956. The maximum Gasteiger partial charge on any atom is 0.119 e. The zero-order chi connectivity index (χ0) is 47.6. The zero-order valence-electron chi connectivity index (χ0n) is 40.1. The molecule has 0 aliphatic heterocycles. The second-order valence-electron chi connectivity index (χ2n) is 18.6. The number of fused-ring (bicyclic) bond motifs is 3. The lowest BCUT2D eigenvalue weighted by Crippen LogP contribution is -2.29. The van der Waals surface area contributed by atoms with Crippen LogP contribution in [0.3, 0.4) is 0 Å². The van der Waals surface area contributed by atoms with E-state index in [2.05, 4.69) is 257 Å². The predicted molar refractivity (Wildman–Crippen MR) is 295 cm³/mol. The highest BCUT2D eigenvalue weighted by atomic mass is 16.5. The maximum absolute atomic E-state index is 6.52. The minimum Gasteiger partial charge on any atom is -0.494 e. The average molecular weight is 902 g/mol. The van der Waals surface area contributed by atoms with Gasteiger partial charge >= 0.3 is 0 Å². The summed E-state index contributed by atoms with van der Waals surface area (Å²) in [5.41, 5.74) is 23.9. The normalized spacial score (nSPS) is 13.6. The largest absolute Gasteiger partial charge is 0.494 e. The second-order valence-corrected chi connectivity index (χ2v) is 18.6. The molecular weight excluding hydrogens is 847 g/mol. The van der Waals surface area contributed by atoms with Crippen LogP contribution in [0.25, 0.3) is 61.7 Å². The van der Waals surface area contributed by atoms with Gasteiger partial charge in [0.05, 0.1) is 6.61 Å². The average Bonchev–Trinajstić information content (AvgIpc) is 3.69. The van der Waals surface area contributed by atoms with Crippen molar-refractivity contribution in [2.75, 3.05) is 11.5 Å². The molecule has 70 heavy (non-hydrogen) atoms. The second kappa shape index (κ2) is 18.9. The quantitative estimate of drug-likeness (QED) is 0.114. The maximum atomic E-state index is 6.52. The molecule has 338 valence electrons. The number of benzene rings is 10. The Bertz CT molecular complexity index is 3480. The molecule has 1 atom stereocenters. The SMILES string of the molecule is C=Cc1ccc(OCCC2(c3ccccc3)c3ccccc3-c3ccc(-c4ccc(N(c5ccc(-c6cccc(C)c6)cc5)c5ccc(-c6ccc(C)c(-c7ccccc7C)c6)cc5)cc4)cc32)cc1. The molecule has 1 unspecified atom stereocenters. The Kier molecular flexibility index (Phi) is 11.9. The van der Waals surface area contributed by atoms with Gasteiger partial charge in [0.25, 0.3) is 0 Å². The van der Waals surface area contributed by atoms with Gasteiger partial charge in [0.15, 0.2) is 0 Å². The molecule has 2 heteroatoms. The van der Waals surface area contributed by atoms with Crippen LogP contribution in [0.4, 0.5) is 17.1 Å². The van der Waals surface area contributed by atoms with Crippen molar-refractivity contribution in [3.05, 3.63) is 282 Å². The molecule has 0 fully saturated rings. The van der Waals surface area contributed by atoms with E-state index in [1.807, 2.05) is 18.2 Å². The monoisotopic (exact) mass is 901 g/mol. The van der Waals surface area contributed by atoms with Crippen LogP contribution >= 0.6 is 0 Å². The highest BCUT2D eigenvalue weighted by Crippen LogP contribution is 2.55. The zero-order valence-corrected chi connectivity index (χ0v) is 40.1. The van der Waals surface area contributed by atoms with E-state index in [1.165, 1.54) is 83.5 Å². The molecule has 0 amide bonds. The molecule has 11 rings (SSSR count). The van der Waals surface area contributed by atoms with Crippen LogP contribution in [0, 0.1) is 20.8 Å². The highest BCUT2D eigenvalue weighted by Gasteiger charge is 2.44. The molecule has 0 radical (unpaired) electrons. The number of hydrogen-bond donors (Lipinski definition) is 0. The van der Waals surface area contributed by atoms with Crippen molar-refractivity contribution in [3.8, 4) is 61.4 Å². The third-order valence-electron chi connectivity index (χ3n) is 14.4. The van der Waals surface area contributed by atoms with Crippen molar-refractivity contribution in [1.82, 2.24) is 0 Å². The first-order valence-corrected chi connectivity index (χ1v) is 24.4. The van der Waals surface area contributed by atoms with E-state index < -0.39 is 5.41 Å². The summed E-state index contributed by atoms with van der Waals surface area (Å²) >= 11 is 0. The first kappa shape index (κ1) is 44.1. The van der Waals surface area contributed by atoms with Gasteiger partial charge < -0.3 is 9.64 Å². The van der Waals surface area contributed by atoms with Crippen LogP contribution in [-0.4, -0.2) is 6.61 Å². The Morgan fingerprint density at radius 3 is 1.57 bits per heavy atom. The van der Waals surface area contributed by atoms with Gasteiger partial charge in [0, 0.05) is 22.5 Å². The standard InChI is InChI=1S/C68H55NO/c1-5-50-23-39-61(40-24-50)70-43-42-68(57-17-7-6-8-18-57)66-21-12-11-20-63(66)64-41-32-56(46-67(64)68)53-30-37-60(38-31-53)69(58-33-26-51(27-34-58)54-16-13-14-47(2)44-54)59-35-28-52(29-36-59)55-25-22-49(4)65(45-55)62-19-10-9-15-48(62)3/h5-41,44-46H,1,42-43H2,2-4H3.